The number of hydrogen-bond donors (Lipinski definition) is 1. The van der Waals surface area contributed by atoms with Gasteiger partial charge in [0.25, 0.3) is 5.91 Å². The molecule has 0 bridgehead atoms. The number of amides is 1. The lowest BCUT2D eigenvalue weighted by atomic mass is 10.1. The number of anilines is 2. The summed E-state index contributed by atoms with van der Waals surface area (Å²) in [5.41, 5.74) is 3.86. The Balaban J connectivity index is 1.80. The smallest absolute Gasteiger partial charge is 0.272 e. The molecule has 1 aliphatic rings. The van der Waals surface area contributed by atoms with Crippen molar-refractivity contribution in [3.05, 3.63) is 46.9 Å². The van der Waals surface area contributed by atoms with Crippen LogP contribution in [-0.4, -0.2) is 58.9 Å². The first kappa shape index (κ1) is 17.4. The Hall–Kier alpha value is -2.47. The fraction of sp³-hybridized carbons (Fsp3) is 0.421. The van der Waals surface area contributed by atoms with E-state index in [9.17, 15) is 4.79 Å². The van der Waals surface area contributed by atoms with E-state index in [4.69, 9.17) is 0 Å². The quantitative estimate of drug-likeness (QED) is 0.931. The molecular formula is C19H25N5O. The van der Waals surface area contributed by atoms with Gasteiger partial charge in [-0.05, 0) is 51.1 Å². The third-order valence-corrected chi connectivity index (χ3v) is 4.63. The number of nitrogens with zero attached hydrogens (tertiary/aromatic N) is 4. The first-order chi connectivity index (χ1) is 11.9. The van der Waals surface area contributed by atoms with Crippen molar-refractivity contribution in [1.29, 1.82) is 0 Å². The van der Waals surface area contributed by atoms with Crippen LogP contribution in [0.2, 0.25) is 0 Å². The molecule has 0 atom stereocenters. The van der Waals surface area contributed by atoms with E-state index in [0.717, 1.165) is 31.9 Å². The van der Waals surface area contributed by atoms with E-state index in [2.05, 4.69) is 53.2 Å². The third-order valence-electron chi connectivity index (χ3n) is 4.63. The Morgan fingerprint density at radius 1 is 1.00 bits per heavy atom. The van der Waals surface area contributed by atoms with Crippen molar-refractivity contribution in [2.24, 2.45) is 0 Å². The third kappa shape index (κ3) is 4.14. The van der Waals surface area contributed by atoms with Crippen molar-refractivity contribution >= 4 is 17.4 Å². The van der Waals surface area contributed by atoms with Crippen LogP contribution in [0.4, 0.5) is 11.5 Å². The van der Waals surface area contributed by atoms with E-state index < -0.39 is 0 Å². The highest BCUT2D eigenvalue weighted by atomic mass is 16.2. The molecule has 0 aliphatic carbocycles. The maximum Gasteiger partial charge on any atom is 0.272 e. The van der Waals surface area contributed by atoms with Gasteiger partial charge in [0.05, 0.1) is 0 Å². The number of carbonyl (C=O) groups excluding carboxylic acids is 1. The number of benzene rings is 1. The number of aryl methyl sites for hydroxylation is 3. The van der Waals surface area contributed by atoms with Gasteiger partial charge < -0.3 is 15.1 Å². The maximum absolute atomic E-state index is 12.8. The fourth-order valence-electron chi connectivity index (χ4n) is 2.88. The molecule has 1 aromatic heterocycles. The molecule has 1 N–H and O–H groups in total. The fourth-order valence-corrected chi connectivity index (χ4v) is 2.88. The predicted octanol–water partition coefficient (Wildman–Crippen LogP) is 2.53. The lowest BCUT2D eigenvalue weighted by Crippen LogP contribution is -2.47. The van der Waals surface area contributed by atoms with Gasteiger partial charge in [-0.2, -0.15) is 0 Å². The molecule has 1 saturated heterocycles. The monoisotopic (exact) mass is 339 g/mol. The molecule has 3 rings (SSSR count). The summed E-state index contributed by atoms with van der Waals surface area (Å²) in [4.78, 5) is 25.6. The topological polar surface area (TPSA) is 61.4 Å². The van der Waals surface area contributed by atoms with Crippen LogP contribution >= 0.6 is 0 Å². The number of hydrogen-bond acceptors (Lipinski definition) is 5. The first-order valence-corrected chi connectivity index (χ1v) is 8.60. The van der Waals surface area contributed by atoms with E-state index in [1.165, 1.54) is 11.1 Å². The molecule has 1 fully saturated rings. The van der Waals surface area contributed by atoms with Crippen LogP contribution in [0.5, 0.6) is 0 Å². The van der Waals surface area contributed by atoms with Crippen LogP contribution in [0, 0.1) is 20.8 Å². The van der Waals surface area contributed by atoms with Gasteiger partial charge >= 0.3 is 0 Å². The van der Waals surface area contributed by atoms with Gasteiger partial charge in [0.2, 0.25) is 0 Å². The van der Waals surface area contributed by atoms with E-state index >= 15 is 0 Å². The molecule has 1 amide bonds. The Kier molecular flexibility index (Phi) is 4.99. The maximum atomic E-state index is 12.8. The van der Waals surface area contributed by atoms with Gasteiger partial charge in [-0.25, -0.2) is 9.97 Å². The van der Waals surface area contributed by atoms with E-state index in [-0.39, 0.29) is 5.91 Å². The van der Waals surface area contributed by atoms with Crippen LogP contribution in [0.25, 0.3) is 0 Å². The van der Waals surface area contributed by atoms with Crippen LogP contribution in [-0.2, 0) is 0 Å². The molecule has 2 aromatic rings. The molecule has 0 saturated carbocycles. The largest absolute Gasteiger partial charge is 0.340 e. The van der Waals surface area contributed by atoms with E-state index in [1.807, 2.05) is 17.9 Å². The number of carbonyl (C=O) groups is 1. The molecular weight excluding hydrogens is 314 g/mol. The molecule has 1 aromatic carbocycles. The molecule has 0 spiro atoms. The van der Waals surface area contributed by atoms with Gasteiger partial charge in [0.1, 0.15) is 17.3 Å². The Morgan fingerprint density at radius 2 is 1.72 bits per heavy atom. The number of rotatable bonds is 3. The van der Waals surface area contributed by atoms with Gasteiger partial charge in [-0.15, -0.1) is 0 Å². The standard InChI is InChI=1S/C19H25N5O/c1-13-5-6-16(11-14(13)2)22-18-12-17(20-15(3)21-18)19(25)24-9-7-23(4)8-10-24/h5-6,11-12H,7-10H2,1-4H3,(H,20,21,22). The summed E-state index contributed by atoms with van der Waals surface area (Å²) in [6.45, 7) is 9.23. The summed E-state index contributed by atoms with van der Waals surface area (Å²) < 4.78 is 0. The molecule has 0 radical (unpaired) electrons. The van der Waals surface area contributed by atoms with E-state index in [1.54, 1.807) is 6.07 Å². The summed E-state index contributed by atoms with van der Waals surface area (Å²) in [6.07, 6.45) is 0. The van der Waals surface area contributed by atoms with Crippen LogP contribution < -0.4 is 5.32 Å². The minimum atomic E-state index is -0.0262. The molecule has 6 heteroatoms. The number of piperazine rings is 1. The zero-order chi connectivity index (χ0) is 18.0. The van der Waals surface area contributed by atoms with Crippen molar-refractivity contribution in [3.63, 3.8) is 0 Å². The zero-order valence-electron chi connectivity index (χ0n) is 15.3. The van der Waals surface area contributed by atoms with Gasteiger partial charge in [0.15, 0.2) is 0 Å². The summed E-state index contributed by atoms with van der Waals surface area (Å²) >= 11 is 0. The van der Waals surface area contributed by atoms with Gasteiger partial charge in [-0.3, -0.25) is 4.79 Å². The van der Waals surface area contributed by atoms with Crippen molar-refractivity contribution in [2.45, 2.75) is 20.8 Å². The molecule has 25 heavy (non-hydrogen) atoms. The number of aromatic nitrogens is 2. The van der Waals surface area contributed by atoms with Gasteiger partial charge in [-0.1, -0.05) is 6.07 Å². The molecule has 2 heterocycles. The molecule has 0 unspecified atom stereocenters. The van der Waals surface area contributed by atoms with Crippen molar-refractivity contribution in [1.82, 2.24) is 19.8 Å². The van der Waals surface area contributed by atoms with E-state index in [0.29, 0.717) is 17.3 Å². The average molecular weight is 339 g/mol. The normalized spacial score (nSPS) is 15.3. The van der Waals surface area contributed by atoms with Gasteiger partial charge in [0, 0.05) is 37.9 Å². The summed E-state index contributed by atoms with van der Waals surface area (Å²) in [5, 5.41) is 3.29. The Labute approximate surface area is 148 Å². The lowest BCUT2D eigenvalue weighted by molar-refractivity contribution is 0.0658. The van der Waals surface area contributed by atoms with Crippen molar-refractivity contribution < 1.29 is 4.79 Å². The Morgan fingerprint density at radius 3 is 2.40 bits per heavy atom. The second kappa shape index (κ2) is 7.19. The average Bonchev–Trinajstić information content (AvgIpc) is 2.58. The minimum absolute atomic E-state index is 0.0262. The second-order valence-electron chi connectivity index (χ2n) is 6.71. The summed E-state index contributed by atoms with van der Waals surface area (Å²) in [7, 11) is 2.07. The zero-order valence-corrected chi connectivity index (χ0v) is 15.3. The summed E-state index contributed by atoms with van der Waals surface area (Å²) in [6, 6.07) is 7.90. The first-order valence-electron chi connectivity index (χ1n) is 8.60. The number of nitrogens with one attached hydrogen (secondary N) is 1. The number of likely N-dealkylation sites (N-methyl/N-ethyl adjacent to an activating group) is 1. The lowest BCUT2D eigenvalue weighted by Gasteiger charge is -2.32. The van der Waals surface area contributed by atoms with Crippen LogP contribution in [0.1, 0.15) is 27.4 Å². The highest BCUT2D eigenvalue weighted by Gasteiger charge is 2.22. The predicted molar refractivity (Wildman–Crippen MR) is 99.4 cm³/mol. The highest BCUT2D eigenvalue weighted by molar-refractivity contribution is 5.93. The highest BCUT2D eigenvalue weighted by Crippen LogP contribution is 2.19. The van der Waals surface area contributed by atoms with Crippen molar-refractivity contribution in [3.8, 4) is 0 Å². The Bertz CT molecular complexity index is 781. The minimum Gasteiger partial charge on any atom is -0.340 e. The molecule has 132 valence electrons. The van der Waals surface area contributed by atoms with Crippen LogP contribution in [0.3, 0.4) is 0 Å². The van der Waals surface area contributed by atoms with Crippen LogP contribution in [0.15, 0.2) is 24.3 Å². The summed E-state index contributed by atoms with van der Waals surface area (Å²) in [5.74, 6) is 1.21. The molecule has 6 nitrogen and oxygen atoms in total. The second-order valence-corrected chi connectivity index (χ2v) is 6.71. The molecule has 1 aliphatic heterocycles. The van der Waals surface area contributed by atoms with Crippen molar-refractivity contribution in [2.75, 3.05) is 38.5 Å². The SMILES string of the molecule is Cc1nc(Nc2ccc(C)c(C)c2)cc(C(=O)N2CCN(C)CC2)n1.